The summed E-state index contributed by atoms with van der Waals surface area (Å²) in [6.07, 6.45) is 43.8. The van der Waals surface area contributed by atoms with E-state index in [0.717, 1.165) is 62.9 Å². The van der Waals surface area contributed by atoms with E-state index in [0.29, 0.717) is 101 Å². The molecule has 0 amide bonds. The van der Waals surface area contributed by atoms with Crippen molar-refractivity contribution in [2.45, 2.75) is 217 Å². The number of carbonyl (C=O) groups excluding carboxylic acids is 2. The van der Waals surface area contributed by atoms with Gasteiger partial charge in [-0.3, -0.25) is 9.69 Å². The van der Waals surface area contributed by atoms with Crippen LogP contribution in [0.4, 0.5) is 0 Å². The van der Waals surface area contributed by atoms with Gasteiger partial charge in [0.05, 0.1) is 11.0 Å². The van der Waals surface area contributed by atoms with Crippen LogP contribution < -0.4 is 5.73 Å². The molecule has 10 fully saturated rings. The lowest BCUT2D eigenvalue weighted by molar-refractivity contribution is -0.284. The smallest absolute Gasteiger partial charge is 0.339 e. The van der Waals surface area contributed by atoms with E-state index in [2.05, 4.69) is 53.2 Å². The zero-order valence-electron chi connectivity index (χ0n) is 48.4. The topological polar surface area (TPSA) is 105 Å². The highest BCUT2D eigenvalue weighted by Crippen LogP contribution is 2.90. The first-order valence-electron chi connectivity index (χ1n) is 34.1. The highest BCUT2D eigenvalue weighted by molar-refractivity contribution is 6.00. The minimum atomic E-state index is -1.15. The van der Waals surface area contributed by atoms with Crippen LogP contribution in [0.5, 0.6) is 0 Å². The minimum Gasteiger partial charge on any atom is -0.509 e. The van der Waals surface area contributed by atoms with Gasteiger partial charge < -0.3 is 25.2 Å². The van der Waals surface area contributed by atoms with E-state index in [4.69, 9.17) is 15.2 Å². The third-order valence-electron chi connectivity index (χ3n) is 30.3. The van der Waals surface area contributed by atoms with Crippen LogP contribution in [0.15, 0.2) is 75.9 Å². The van der Waals surface area contributed by atoms with Crippen LogP contribution in [0.25, 0.3) is 0 Å². The van der Waals surface area contributed by atoms with Crippen molar-refractivity contribution in [3.8, 4) is 0 Å². The van der Waals surface area contributed by atoms with Crippen LogP contribution in [0.2, 0.25) is 0 Å². The Balaban J connectivity index is 0.894. The molecular formula is C72H91N3O5. The Morgan fingerprint density at radius 3 is 2.59 bits per heavy atom. The molecule has 18 unspecified atom stereocenters. The molecule has 18 atom stereocenters. The van der Waals surface area contributed by atoms with Crippen LogP contribution in [0.1, 0.15) is 215 Å². The summed E-state index contributed by atoms with van der Waals surface area (Å²) in [7, 11) is 0. The number of aliphatic hydroxyl groups excluding tert-OH is 1. The number of rotatable bonds is 5. The second kappa shape index (κ2) is 16.0. The Kier molecular flexibility index (Phi) is 9.75. The number of hydrogen-bond donors (Lipinski definition) is 2. The summed E-state index contributed by atoms with van der Waals surface area (Å²) >= 11 is 0. The minimum absolute atomic E-state index is 0.0813. The van der Waals surface area contributed by atoms with Crippen LogP contribution >= 0.6 is 0 Å². The second-order valence-electron chi connectivity index (χ2n) is 32.1. The SMILES string of the molecule is CC1CC2=C3C4C5=C6C7CC14CCC7=CC(C1CCCCC1)CC1C64C(=O)OC(=C(O)CC(C67C=CC8CCCC89CCCC9(C6)C6(CCCC6)C7)N6CC7CC(C6)C(CC2)N3C7)C4(CC5)C12OC(=O)c1c(CCCN)cccc12. The second-order valence-corrected chi connectivity index (χ2v) is 32.1. The summed E-state index contributed by atoms with van der Waals surface area (Å²) in [4.78, 5) is 38.8. The quantitative estimate of drug-likeness (QED) is 0.222. The van der Waals surface area contributed by atoms with Crippen LogP contribution in [-0.2, 0) is 26.3 Å². The van der Waals surface area contributed by atoms with E-state index >= 15 is 9.59 Å². The fourth-order valence-corrected chi connectivity index (χ4v) is 28.3. The number of allylic oxidation sites excluding steroid dienone is 5. The first kappa shape index (κ1) is 48.7. The molecule has 16 bridgehead atoms. The lowest BCUT2D eigenvalue weighted by atomic mass is 9.26. The van der Waals surface area contributed by atoms with Crippen molar-refractivity contribution in [3.05, 3.63) is 92.6 Å². The Bertz CT molecular complexity index is 3130. The van der Waals surface area contributed by atoms with E-state index in [1.54, 1.807) is 22.4 Å². The lowest BCUT2D eigenvalue weighted by Gasteiger charge is -2.74. The average molecular weight is 1080 g/mol. The van der Waals surface area contributed by atoms with Gasteiger partial charge in [0.2, 0.25) is 0 Å². The first-order chi connectivity index (χ1) is 39.0. The van der Waals surface area contributed by atoms with Gasteiger partial charge in [-0.1, -0.05) is 105 Å². The predicted octanol–water partition coefficient (Wildman–Crippen LogP) is 14.3. The molecule has 80 heavy (non-hydrogen) atoms. The molecule has 9 aliphatic heterocycles. The number of ether oxygens (including phenoxy) is 2. The summed E-state index contributed by atoms with van der Waals surface area (Å²) in [6.45, 7) is 6.53. The van der Waals surface area contributed by atoms with Crippen LogP contribution in [-0.4, -0.2) is 65.1 Å². The average Bonchev–Trinajstić information content (AvgIpc) is 4.48. The largest absolute Gasteiger partial charge is 0.509 e. The van der Waals surface area contributed by atoms with Crippen molar-refractivity contribution in [3.63, 3.8) is 0 Å². The van der Waals surface area contributed by atoms with Gasteiger partial charge in [0.15, 0.2) is 11.4 Å². The van der Waals surface area contributed by atoms with Gasteiger partial charge in [-0.25, -0.2) is 4.79 Å². The maximum absolute atomic E-state index is 17.1. The van der Waals surface area contributed by atoms with Crippen molar-refractivity contribution in [2.24, 2.45) is 96.9 Å². The standard InChI is InChI=1S/C72H91N3O5/c1-42-31-47-17-18-54-49-32-43-37-74(39-49)57(65-27-20-50-15-8-24-68(50)25-10-26-69(68,41-65)66(40-65)22-5-6-23-66)35-55(76)62-70-29-21-51-59-52-36-67(42,60(51)61(47)75(54)38-43)28-19-46(52)33-48(44-11-3-2-4-12-44)34-56(71(59,70)64(78)79-62)72(70)53-16-7-13-45(14-9-30-73)58(53)63(77)80-72/h7,13,16,20,27,33,42-44,48-50,52,54,56-57,60,76H,2-6,8-12,14-15,17-19,21-26,28-32,34-41,73H2,1H3. The number of fused-ring (bicyclic) bond motifs is 4. The summed E-state index contributed by atoms with van der Waals surface area (Å²) in [5.41, 5.74) is 14.9. The molecule has 3 N–H and O–H groups in total. The van der Waals surface area contributed by atoms with Crippen molar-refractivity contribution in [1.29, 1.82) is 0 Å². The molecule has 8 heteroatoms. The first-order valence-corrected chi connectivity index (χ1v) is 34.1. The van der Waals surface area contributed by atoms with Crippen molar-refractivity contribution >= 4 is 11.9 Å². The number of nitrogens with zero attached hydrogens (tertiary/aromatic N) is 2. The van der Waals surface area contributed by atoms with Gasteiger partial charge in [-0.05, 0) is 216 Å². The number of esters is 2. The van der Waals surface area contributed by atoms with Crippen LogP contribution in [0.3, 0.4) is 0 Å². The summed E-state index contributed by atoms with van der Waals surface area (Å²) in [5, 5.41) is 14.4. The summed E-state index contributed by atoms with van der Waals surface area (Å²) in [6, 6.07) is 7.18. The Morgan fingerprint density at radius 1 is 0.838 bits per heavy atom. The van der Waals surface area contributed by atoms with Gasteiger partial charge in [-0.2, -0.15) is 0 Å². The molecule has 1 aromatic carbocycles. The molecule has 7 spiro atoms. The van der Waals surface area contributed by atoms with Gasteiger partial charge in [0.1, 0.15) is 11.2 Å². The number of nitrogens with two attached hydrogens (primary N) is 1. The van der Waals surface area contributed by atoms with Crippen molar-refractivity contribution in [1.82, 2.24) is 9.80 Å². The summed E-state index contributed by atoms with van der Waals surface area (Å²) in [5.74, 6) is 3.86. The number of benzene rings is 1. The van der Waals surface area contributed by atoms with Gasteiger partial charge in [0.25, 0.3) is 0 Å². The third-order valence-corrected chi connectivity index (χ3v) is 30.3. The molecule has 0 radical (unpaired) electrons. The Hall–Kier alpha value is -3.62. The fourth-order valence-electron chi connectivity index (χ4n) is 28.3. The van der Waals surface area contributed by atoms with Crippen LogP contribution in [0, 0.1) is 91.2 Å². The number of hydrogen-bond acceptors (Lipinski definition) is 8. The third kappa shape index (κ3) is 5.28. The fraction of sp³-hybridized carbons (Fsp3) is 0.750. The normalized spacial score (nSPS) is 49.9. The summed E-state index contributed by atoms with van der Waals surface area (Å²) < 4.78 is 15.1. The number of piperidine rings is 2. The molecule has 7 saturated carbocycles. The van der Waals surface area contributed by atoms with Gasteiger partial charge >= 0.3 is 11.9 Å². The molecule has 424 valence electrons. The number of aliphatic hydroxyl groups is 1. The van der Waals surface area contributed by atoms with E-state index in [1.807, 2.05) is 0 Å². The van der Waals surface area contributed by atoms with E-state index in [1.165, 1.54) is 147 Å². The molecule has 21 aliphatic rings. The maximum Gasteiger partial charge on any atom is 0.339 e. The predicted molar refractivity (Wildman–Crippen MR) is 307 cm³/mol. The number of carbonyl (C=O) groups is 2. The van der Waals surface area contributed by atoms with Crippen molar-refractivity contribution < 1.29 is 24.2 Å². The van der Waals surface area contributed by atoms with Gasteiger partial charge in [-0.15, -0.1) is 0 Å². The van der Waals surface area contributed by atoms with E-state index in [-0.39, 0.29) is 46.6 Å². The lowest BCUT2D eigenvalue weighted by Crippen LogP contribution is -2.78. The molecule has 8 nitrogen and oxygen atoms in total. The molecule has 1 aromatic rings. The molecule has 9 heterocycles. The van der Waals surface area contributed by atoms with E-state index < -0.39 is 16.4 Å². The Labute approximate surface area is 476 Å². The number of aryl methyl sites for hydroxylation is 1. The molecule has 0 aromatic heterocycles. The molecule has 3 saturated heterocycles. The van der Waals surface area contributed by atoms with Crippen molar-refractivity contribution in [2.75, 3.05) is 26.2 Å². The maximum atomic E-state index is 17.1. The highest BCUT2D eigenvalue weighted by atomic mass is 16.6. The zero-order valence-corrected chi connectivity index (χ0v) is 48.4. The van der Waals surface area contributed by atoms with E-state index in [9.17, 15) is 5.11 Å². The highest BCUT2D eigenvalue weighted by Gasteiger charge is 2.94. The Morgan fingerprint density at radius 2 is 1.71 bits per heavy atom. The van der Waals surface area contributed by atoms with Gasteiger partial charge in [0, 0.05) is 72.6 Å². The molecular weight excluding hydrogens is 987 g/mol. The molecule has 22 rings (SSSR count). The zero-order chi connectivity index (χ0) is 53.1. The molecule has 12 aliphatic carbocycles. The monoisotopic (exact) mass is 1080 g/mol.